The quantitative estimate of drug-likeness (QED) is 0.178. The van der Waals surface area contributed by atoms with E-state index in [1.54, 1.807) is 24.5 Å². The fourth-order valence-corrected chi connectivity index (χ4v) is 8.79. The zero-order valence-corrected chi connectivity index (χ0v) is 27.6. The van der Waals surface area contributed by atoms with Gasteiger partial charge in [-0.1, -0.05) is 54.7 Å². The van der Waals surface area contributed by atoms with Crippen molar-refractivity contribution in [2.45, 2.75) is 76.9 Å². The lowest BCUT2D eigenvalue weighted by atomic mass is 9.65. The highest BCUT2D eigenvalue weighted by molar-refractivity contribution is 7.18. The van der Waals surface area contributed by atoms with Gasteiger partial charge in [-0.15, -0.1) is 11.3 Å². The number of rotatable bonds is 9. The van der Waals surface area contributed by atoms with Gasteiger partial charge in [0.15, 0.2) is 5.82 Å². The van der Waals surface area contributed by atoms with Crippen molar-refractivity contribution in [1.29, 1.82) is 0 Å². The van der Waals surface area contributed by atoms with E-state index in [-0.39, 0.29) is 24.1 Å². The Kier molecular flexibility index (Phi) is 10.3. The molecule has 7 nitrogen and oxygen atoms in total. The van der Waals surface area contributed by atoms with Gasteiger partial charge in [-0.05, 0) is 74.3 Å². The van der Waals surface area contributed by atoms with Gasteiger partial charge in [-0.3, -0.25) is 4.79 Å². The van der Waals surface area contributed by atoms with Crippen molar-refractivity contribution in [3.05, 3.63) is 68.1 Å². The minimum atomic E-state index is -0.497. The number of ether oxygens (including phenoxy) is 2. The maximum absolute atomic E-state index is 14.7. The Morgan fingerprint density at radius 1 is 1.23 bits per heavy atom. The highest BCUT2D eigenvalue weighted by Gasteiger charge is 2.47. The SMILES string of the molecule is CCC1CC(COC)(OCc2c(-c3c(Cl)cccc3Cl)noc2C2CC2)CC(C)C1c1nc2c(F)cc(C)cc2s1.O=CO. The lowest BCUT2D eigenvalue weighted by molar-refractivity contribution is -0.142. The summed E-state index contributed by atoms with van der Waals surface area (Å²) < 4.78 is 34.2. The van der Waals surface area contributed by atoms with Crippen LogP contribution in [-0.2, 0) is 20.9 Å². The van der Waals surface area contributed by atoms with Gasteiger partial charge in [-0.2, -0.15) is 0 Å². The standard InChI is InChI=1S/C32H35Cl2FN2O3S.CH2O2/c1-5-19-14-32(16-38-4,13-18(3)26(19)31-36-29-24(35)11-17(2)12-25(29)41-31)39-15-21-28(37-40-30(21)20-9-10-20)27-22(33)7-6-8-23(27)34;2-1-3/h6-8,11-12,18-20,26H,5,9-10,13-16H2,1-4H3;1H,(H,2,3). The van der Waals surface area contributed by atoms with Crippen molar-refractivity contribution in [1.82, 2.24) is 10.1 Å². The molecule has 2 saturated carbocycles. The monoisotopic (exact) mass is 662 g/mol. The molecule has 2 aliphatic carbocycles. The molecule has 0 saturated heterocycles. The summed E-state index contributed by atoms with van der Waals surface area (Å²) in [6, 6.07) is 9.05. The van der Waals surface area contributed by atoms with Crippen LogP contribution in [0.4, 0.5) is 4.39 Å². The van der Waals surface area contributed by atoms with Crippen LogP contribution in [0.2, 0.25) is 10.0 Å². The predicted octanol–water partition coefficient (Wildman–Crippen LogP) is 9.43. The van der Waals surface area contributed by atoms with Crippen LogP contribution in [0.15, 0.2) is 34.9 Å². The van der Waals surface area contributed by atoms with E-state index in [1.807, 2.05) is 31.2 Å². The number of thiazole rings is 1. The molecule has 236 valence electrons. The summed E-state index contributed by atoms with van der Waals surface area (Å²) in [5.41, 5.74) is 3.14. The molecule has 0 bridgehead atoms. The molecule has 0 amide bonds. The second kappa shape index (κ2) is 13.8. The van der Waals surface area contributed by atoms with Crippen molar-refractivity contribution >= 4 is 51.2 Å². The van der Waals surface area contributed by atoms with E-state index in [9.17, 15) is 4.39 Å². The number of fused-ring (bicyclic) bond motifs is 1. The molecule has 4 atom stereocenters. The molecule has 6 rings (SSSR count). The van der Waals surface area contributed by atoms with E-state index in [2.05, 4.69) is 19.0 Å². The minimum absolute atomic E-state index is 0.223. The third kappa shape index (κ3) is 6.67. The number of aryl methyl sites for hydroxylation is 1. The summed E-state index contributed by atoms with van der Waals surface area (Å²) in [5.74, 6) is 1.75. The summed E-state index contributed by atoms with van der Waals surface area (Å²) >= 11 is 14.8. The van der Waals surface area contributed by atoms with Crippen LogP contribution < -0.4 is 0 Å². The maximum Gasteiger partial charge on any atom is 0.290 e. The molecule has 2 aromatic carbocycles. The maximum atomic E-state index is 14.7. The Morgan fingerprint density at radius 3 is 2.57 bits per heavy atom. The first-order chi connectivity index (χ1) is 21.1. The first-order valence-corrected chi connectivity index (χ1v) is 16.4. The Bertz CT molecular complexity index is 1600. The summed E-state index contributed by atoms with van der Waals surface area (Å²) in [4.78, 5) is 13.2. The first kappa shape index (κ1) is 32.8. The highest BCUT2D eigenvalue weighted by Crippen LogP contribution is 2.52. The molecule has 2 aromatic heterocycles. The lowest BCUT2D eigenvalue weighted by Crippen LogP contribution is -2.47. The molecule has 44 heavy (non-hydrogen) atoms. The van der Waals surface area contributed by atoms with Crippen molar-refractivity contribution in [2.75, 3.05) is 13.7 Å². The predicted molar refractivity (Wildman–Crippen MR) is 171 cm³/mol. The number of hydrogen-bond donors (Lipinski definition) is 1. The van der Waals surface area contributed by atoms with Crippen molar-refractivity contribution < 1.29 is 28.3 Å². The van der Waals surface area contributed by atoms with E-state index < -0.39 is 5.60 Å². The number of hydrogen-bond acceptors (Lipinski definition) is 7. The van der Waals surface area contributed by atoms with Crippen LogP contribution in [0.3, 0.4) is 0 Å². The average molecular weight is 664 g/mol. The van der Waals surface area contributed by atoms with Crippen molar-refractivity contribution in [3.8, 4) is 11.3 Å². The van der Waals surface area contributed by atoms with Gasteiger partial charge in [0.2, 0.25) is 0 Å². The van der Waals surface area contributed by atoms with E-state index in [4.69, 9.17) is 52.1 Å². The van der Waals surface area contributed by atoms with E-state index in [0.717, 1.165) is 58.7 Å². The van der Waals surface area contributed by atoms with E-state index in [1.165, 1.54) is 0 Å². The lowest BCUT2D eigenvalue weighted by Gasteiger charge is -2.47. The topological polar surface area (TPSA) is 94.7 Å². The van der Waals surface area contributed by atoms with E-state index >= 15 is 0 Å². The molecule has 0 spiro atoms. The number of benzene rings is 2. The highest BCUT2D eigenvalue weighted by atomic mass is 35.5. The summed E-state index contributed by atoms with van der Waals surface area (Å²) in [6.07, 6.45) is 4.71. The molecule has 2 aliphatic rings. The van der Waals surface area contributed by atoms with Crippen LogP contribution in [-0.4, -0.2) is 41.0 Å². The number of aromatic nitrogens is 2. The average Bonchev–Trinajstić information content (AvgIpc) is 3.59. The molecule has 1 N–H and O–H groups in total. The minimum Gasteiger partial charge on any atom is -0.483 e. The van der Waals surface area contributed by atoms with Gasteiger partial charge >= 0.3 is 0 Å². The Hall–Kier alpha value is -2.56. The van der Waals surface area contributed by atoms with Crippen LogP contribution in [0, 0.1) is 24.6 Å². The van der Waals surface area contributed by atoms with Crippen LogP contribution in [0.1, 0.15) is 79.7 Å². The van der Waals surface area contributed by atoms with Gasteiger partial charge in [0.1, 0.15) is 17.0 Å². The molecular weight excluding hydrogens is 626 g/mol. The Balaban J connectivity index is 0.00000123. The first-order valence-electron chi connectivity index (χ1n) is 14.8. The molecule has 4 unspecified atom stereocenters. The third-order valence-electron chi connectivity index (χ3n) is 8.76. The number of carbonyl (C=O) groups is 1. The largest absolute Gasteiger partial charge is 0.483 e. The van der Waals surface area contributed by atoms with Crippen LogP contribution in [0.25, 0.3) is 21.5 Å². The summed E-state index contributed by atoms with van der Waals surface area (Å²) in [6.45, 7) is 6.95. The molecule has 0 aliphatic heterocycles. The summed E-state index contributed by atoms with van der Waals surface area (Å²) in [5, 5.41) is 13.4. The zero-order chi connectivity index (χ0) is 31.6. The number of methoxy groups -OCH3 is 1. The number of carboxylic acid groups (broad SMARTS) is 1. The molecule has 0 radical (unpaired) electrons. The van der Waals surface area contributed by atoms with Gasteiger partial charge < -0.3 is 19.1 Å². The van der Waals surface area contributed by atoms with Gasteiger partial charge in [-0.25, -0.2) is 9.37 Å². The fourth-order valence-electron chi connectivity index (χ4n) is 6.80. The molecule has 2 heterocycles. The smallest absolute Gasteiger partial charge is 0.290 e. The second-order valence-electron chi connectivity index (χ2n) is 12.0. The van der Waals surface area contributed by atoms with Crippen LogP contribution in [0.5, 0.6) is 0 Å². The fraction of sp³-hybridized carbons (Fsp3) is 0.485. The number of nitrogens with zero attached hydrogens (tertiary/aromatic N) is 2. The van der Waals surface area contributed by atoms with Crippen molar-refractivity contribution in [2.24, 2.45) is 11.8 Å². The van der Waals surface area contributed by atoms with Crippen molar-refractivity contribution in [3.63, 3.8) is 0 Å². The third-order valence-corrected chi connectivity index (χ3v) is 10.5. The normalized spacial score (nSPS) is 23.4. The molecule has 11 heteroatoms. The van der Waals surface area contributed by atoms with Crippen LogP contribution >= 0.6 is 34.5 Å². The Morgan fingerprint density at radius 2 is 1.93 bits per heavy atom. The molecule has 4 aromatic rings. The molecule has 2 fully saturated rings. The molecular formula is C33H37Cl2FN2O5S. The number of halogens is 3. The zero-order valence-electron chi connectivity index (χ0n) is 25.2. The van der Waals surface area contributed by atoms with E-state index in [0.29, 0.717) is 51.9 Å². The second-order valence-corrected chi connectivity index (χ2v) is 13.9. The van der Waals surface area contributed by atoms with Gasteiger partial charge in [0.25, 0.3) is 6.47 Å². The Labute approximate surface area is 270 Å². The van der Waals surface area contributed by atoms with Gasteiger partial charge in [0.05, 0.1) is 38.6 Å². The van der Waals surface area contributed by atoms with Gasteiger partial charge in [0, 0.05) is 30.1 Å². The summed E-state index contributed by atoms with van der Waals surface area (Å²) in [7, 11) is 1.73.